The maximum atomic E-state index is 12.0. The van der Waals surface area contributed by atoms with Gasteiger partial charge in [0.05, 0.1) is 19.3 Å². The van der Waals surface area contributed by atoms with Crippen molar-refractivity contribution in [1.82, 2.24) is 10.6 Å². The van der Waals surface area contributed by atoms with Crippen LogP contribution in [-0.4, -0.2) is 44.8 Å². The molecular formula is C18H26N2O6. The lowest BCUT2D eigenvalue weighted by atomic mass is 10.1. The first-order chi connectivity index (χ1) is 12.4. The van der Waals surface area contributed by atoms with Crippen LogP contribution in [0.3, 0.4) is 0 Å². The Labute approximate surface area is 153 Å². The van der Waals surface area contributed by atoms with Crippen LogP contribution in [0.4, 0.5) is 4.79 Å². The monoisotopic (exact) mass is 366 g/mol. The van der Waals surface area contributed by atoms with Gasteiger partial charge in [0.2, 0.25) is 0 Å². The van der Waals surface area contributed by atoms with Crippen molar-refractivity contribution in [2.75, 3.05) is 26.9 Å². The van der Waals surface area contributed by atoms with Crippen LogP contribution >= 0.6 is 0 Å². The zero-order valence-corrected chi connectivity index (χ0v) is 15.6. The third kappa shape index (κ3) is 7.42. The molecule has 1 rings (SSSR count). The van der Waals surface area contributed by atoms with Crippen molar-refractivity contribution in [1.29, 1.82) is 0 Å². The third-order valence-electron chi connectivity index (χ3n) is 3.29. The lowest BCUT2D eigenvalue weighted by Gasteiger charge is -2.11. The summed E-state index contributed by atoms with van der Waals surface area (Å²) in [7, 11) is 1.46. The van der Waals surface area contributed by atoms with Gasteiger partial charge in [-0.15, -0.1) is 0 Å². The average Bonchev–Trinajstić information content (AvgIpc) is 2.59. The Kier molecular flexibility index (Phi) is 8.97. The maximum Gasteiger partial charge on any atom is 0.338 e. The van der Waals surface area contributed by atoms with E-state index in [9.17, 15) is 14.4 Å². The summed E-state index contributed by atoms with van der Waals surface area (Å²) in [6.07, 6.45) is 0.802. The summed E-state index contributed by atoms with van der Waals surface area (Å²) in [4.78, 5) is 35.2. The highest BCUT2D eigenvalue weighted by atomic mass is 16.5. The fourth-order valence-electron chi connectivity index (χ4n) is 1.97. The Bertz CT molecular complexity index is 630. The average molecular weight is 366 g/mol. The second kappa shape index (κ2) is 11.0. The molecule has 144 valence electrons. The maximum absolute atomic E-state index is 12.0. The van der Waals surface area contributed by atoms with E-state index in [0.29, 0.717) is 30.6 Å². The Morgan fingerprint density at radius 3 is 2.50 bits per heavy atom. The topological polar surface area (TPSA) is 103 Å². The number of esters is 1. The molecule has 3 amide bonds. The summed E-state index contributed by atoms with van der Waals surface area (Å²) >= 11 is 0. The van der Waals surface area contributed by atoms with Crippen molar-refractivity contribution in [3.05, 3.63) is 23.8 Å². The number of benzene rings is 1. The molecule has 0 spiro atoms. The van der Waals surface area contributed by atoms with Crippen LogP contribution in [0.2, 0.25) is 0 Å². The first-order valence-corrected chi connectivity index (χ1v) is 8.43. The smallest absolute Gasteiger partial charge is 0.338 e. The molecule has 0 aliphatic heterocycles. The number of hydrogen-bond acceptors (Lipinski definition) is 6. The van der Waals surface area contributed by atoms with E-state index in [1.54, 1.807) is 6.07 Å². The Hall–Kier alpha value is -2.77. The number of nitrogens with one attached hydrogen (secondary N) is 2. The minimum Gasteiger partial charge on any atom is -0.493 e. The first kappa shape index (κ1) is 21.3. The summed E-state index contributed by atoms with van der Waals surface area (Å²) in [5.41, 5.74) is 0.208. The van der Waals surface area contributed by atoms with Crippen LogP contribution in [0.1, 0.15) is 37.6 Å². The molecule has 1 aromatic rings. The van der Waals surface area contributed by atoms with E-state index >= 15 is 0 Å². The van der Waals surface area contributed by atoms with Gasteiger partial charge < -0.3 is 19.5 Å². The van der Waals surface area contributed by atoms with E-state index in [-0.39, 0.29) is 5.56 Å². The molecule has 0 fully saturated rings. The van der Waals surface area contributed by atoms with Gasteiger partial charge in [-0.2, -0.15) is 0 Å². The highest BCUT2D eigenvalue weighted by molar-refractivity contribution is 5.97. The molecule has 26 heavy (non-hydrogen) atoms. The van der Waals surface area contributed by atoms with Gasteiger partial charge in [0.1, 0.15) is 0 Å². The molecule has 8 nitrogen and oxygen atoms in total. The van der Waals surface area contributed by atoms with Crippen molar-refractivity contribution < 1.29 is 28.6 Å². The molecule has 0 aromatic heterocycles. The molecule has 0 radical (unpaired) electrons. The Balaban J connectivity index is 2.48. The quantitative estimate of drug-likeness (QED) is 0.649. The van der Waals surface area contributed by atoms with Crippen LogP contribution in [0.5, 0.6) is 11.5 Å². The van der Waals surface area contributed by atoms with Gasteiger partial charge in [-0.05, 0) is 37.5 Å². The van der Waals surface area contributed by atoms with Crippen LogP contribution < -0.4 is 20.1 Å². The van der Waals surface area contributed by atoms with Crippen LogP contribution in [0, 0.1) is 5.92 Å². The van der Waals surface area contributed by atoms with Gasteiger partial charge >= 0.3 is 12.0 Å². The molecule has 0 bridgehead atoms. The summed E-state index contributed by atoms with van der Waals surface area (Å²) in [6, 6.07) is 3.94. The van der Waals surface area contributed by atoms with Gasteiger partial charge in [0.15, 0.2) is 18.1 Å². The van der Waals surface area contributed by atoms with Gasteiger partial charge in [0, 0.05) is 6.54 Å². The number of methoxy groups -OCH3 is 1. The number of urea groups is 1. The minimum atomic E-state index is -0.710. The van der Waals surface area contributed by atoms with Crippen molar-refractivity contribution in [2.45, 2.75) is 27.2 Å². The predicted octanol–water partition coefficient (Wildman–Crippen LogP) is 2.12. The summed E-state index contributed by atoms with van der Waals surface area (Å²) in [5, 5.41) is 4.65. The second-order valence-electron chi connectivity index (χ2n) is 5.86. The highest BCUT2D eigenvalue weighted by Crippen LogP contribution is 2.28. The van der Waals surface area contributed by atoms with E-state index < -0.39 is 24.5 Å². The fourth-order valence-corrected chi connectivity index (χ4v) is 1.97. The molecule has 0 unspecified atom stereocenters. The van der Waals surface area contributed by atoms with Gasteiger partial charge in [-0.25, -0.2) is 9.59 Å². The molecule has 0 saturated carbocycles. The molecule has 1 aromatic carbocycles. The number of ether oxygens (including phenoxy) is 3. The summed E-state index contributed by atoms with van der Waals surface area (Å²) < 4.78 is 15.4. The van der Waals surface area contributed by atoms with E-state index in [1.165, 1.54) is 19.2 Å². The van der Waals surface area contributed by atoms with Gasteiger partial charge in [-0.1, -0.05) is 13.8 Å². The number of hydrogen-bond donors (Lipinski definition) is 2. The molecule has 0 heterocycles. The number of imide groups is 1. The largest absolute Gasteiger partial charge is 0.493 e. The van der Waals surface area contributed by atoms with Gasteiger partial charge in [0.25, 0.3) is 5.91 Å². The molecule has 0 atom stereocenters. The SMILES string of the molecule is CCOc1ccc(C(=O)OCC(=O)NC(=O)NCCC(C)C)cc1OC. The Morgan fingerprint density at radius 1 is 1.15 bits per heavy atom. The molecule has 0 aliphatic rings. The van der Waals surface area contributed by atoms with E-state index in [1.807, 2.05) is 20.8 Å². The lowest BCUT2D eigenvalue weighted by molar-refractivity contribution is -0.123. The van der Waals surface area contributed by atoms with E-state index in [4.69, 9.17) is 14.2 Å². The molecular weight excluding hydrogens is 340 g/mol. The van der Waals surface area contributed by atoms with E-state index in [2.05, 4.69) is 10.6 Å². The molecule has 0 aliphatic carbocycles. The first-order valence-electron chi connectivity index (χ1n) is 8.43. The minimum absolute atomic E-state index is 0.208. The van der Waals surface area contributed by atoms with Crippen molar-refractivity contribution in [3.63, 3.8) is 0 Å². The Morgan fingerprint density at radius 2 is 1.88 bits per heavy atom. The highest BCUT2D eigenvalue weighted by Gasteiger charge is 2.15. The normalized spacial score (nSPS) is 10.2. The van der Waals surface area contributed by atoms with Crippen LogP contribution in [-0.2, 0) is 9.53 Å². The zero-order valence-electron chi connectivity index (χ0n) is 15.6. The zero-order chi connectivity index (χ0) is 19.5. The predicted molar refractivity (Wildman–Crippen MR) is 95.4 cm³/mol. The lowest BCUT2D eigenvalue weighted by Crippen LogP contribution is -2.41. The number of carbonyl (C=O) groups excluding carboxylic acids is 3. The standard InChI is InChI=1S/C18H26N2O6/c1-5-25-14-7-6-13(10-15(14)24-4)17(22)26-11-16(21)20-18(23)19-9-8-12(2)3/h6-7,10,12H,5,8-9,11H2,1-4H3,(H2,19,20,21,23). The molecule has 2 N–H and O–H groups in total. The third-order valence-corrected chi connectivity index (χ3v) is 3.29. The summed E-state index contributed by atoms with van der Waals surface area (Å²) in [6.45, 7) is 6.24. The van der Waals surface area contributed by atoms with Crippen molar-refractivity contribution in [3.8, 4) is 11.5 Å². The van der Waals surface area contributed by atoms with Crippen molar-refractivity contribution >= 4 is 17.9 Å². The van der Waals surface area contributed by atoms with Gasteiger partial charge in [-0.3, -0.25) is 10.1 Å². The van der Waals surface area contributed by atoms with E-state index in [0.717, 1.165) is 6.42 Å². The fraction of sp³-hybridized carbons (Fsp3) is 0.500. The van der Waals surface area contributed by atoms with Crippen molar-refractivity contribution in [2.24, 2.45) is 5.92 Å². The summed E-state index contributed by atoms with van der Waals surface area (Å²) in [5.74, 6) is -0.0873. The second-order valence-corrected chi connectivity index (χ2v) is 5.86. The van der Waals surface area contributed by atoms with Crippen LogP contribution in [0.15, 0.2) is 18.2 Å². The van der Waals surface area contributed by atoms with Crippen LogP contribution in [0.25, 0.3) is 0 Å². The number of carbonyl (C=O) groups is 3. The molecule has 8 heteroatoms. The number of rotatable bonds is 9. The molecule has 0 saturated heterocycles. The number of amides is 3.